The minimum Gasteiger partial charge on any atom is -0.361 e. The molecule has 0 unspecified atom stereocenters. The Morgan fingerprint density at radius 1 is 1.26 bits per heavy atom. The molecule has 0 aromatic carbocycles. The Bertz CT molecular complexity index is 705. The summed E-state index contributed by atoms with van der Waals surface area (Å²) < 4.78 is 7.14. The molecule has 1 N–H and O–H groups in total. The molecule has 0 aliphatic heterocycles. The second-order valence-electron chi connectivity index (χ2n) is 4.28. The lowest BCUT2D eigenvalue weighted by atomic mass is 10.2. The van der Waals surface area contributed by atoms with Crippen molar-refractivity contribution in [3.8, 4) is 0 Å². The maximum atomic E-state index is 11.9. The lowest BCUT2D eigenvalue weighted by molar-refractivity contribution is 0.392. The third-order valence-electron chi connectivity index (χ3n) is 2.93. The molecule has 0 spiro atoms. The van der Waals surface area contributed by atoms with Gasteiger partial charge in [0.1, 0.15) is 5.76 Å². The van der Waals surface area contributed by atoms with Gasteiger partial charge in [-0.25, -0.2) is 9.48 Å². The zero-order valence-electron chi connectivity index (χ0n) is 11.2. The van der Waals surface area contributed by atoms with E-state index in [1.165, 1.54) is 14.1 Å². The third-order valence-corrected chi connectivity index (χ3v) is 2.93. The van der Waals surface area contributed by atoms with Crippen LogP contribution in [0.25, 0.3) is 0 Å². The van der Waals surface area contributed by atoms with E-state index < -0.39 is 11.2 Å². The van der Waals surface area contributed by atoms with Crippen molar-refractivity contribution in [3.63, 3.8) is 0 Å². The second kappa shape index (κ2) is 4.71. The Balaban J connectivity index is 2.31. The van der Waals surface area contributed by atoms with Crippen LogP contribution < -0.4 is 16.6 Å². The van der Waals surface area contributed by atoms with Crippen LogP contribution in [0.15, 0.2) is 14.1 Å². The Kier molecular flexibility index (Phi) is 3.24. The van der Waals surface area contributed by atoms with Crippen LogP contribution in [0.3, 0.4) is 0 Å². The molecule has 2 rings (SSSR count). The van der Waals surface area contributed by atoms with Crippen LogP contribution in [0.2, 0.25) is 0 Å². The normalized spacial score (nSPS) is 10.7. The number of hydrogen-bond donors (Lipinski definition) is 1. The molecule has 2 heterocycles. The highest BCUT2D eigenvalue weighted by Gasteiger charge is 2.12. The van der Waals surface area contributed by atoms with Crippen molar-refractivity contribution >= 4 is 5.82 Å². The highest BCUT2D eigenvalue weighted by Crippen LogP contribution is 2.12. The fraction of sp³-hybridized carbons (Fsp3) is 0.455. The van der Waals surface area contributed by atoms with E-state index in [0.29, 0.717) is 12.3 Å². The molecule has 0 saturated carbocycles. The van der Waals surface area contributed by atoms with Crippen LogP contribution in [0.5, 0.6) is 0 Å². The minimum absolute atomic E-state index is 0.115. The molecule has 0 radical (unpaired) electrons. The molecule has 0 aliphatic carbocycles. The van der Waals surface area contributed by atoms with E-state index in [1.54, 1.807) is 6.92 Å². The maximum Gasteiger partial charge on any atom is 0.346 e. The molecule has 2 aromatic rings. The van der Waals surface area contributed by atoms with Crippen molar-refractivity contribution < 1.29 is 4.52 Å². The largest absolute Gasteiger partial charge is 0.361 e. The molecule has 0 aliphatic rings. The average molecular weight is 265 g/mol. The van der Waals surface area contributed by atoms with Gasteiger partial charge in [-0.3, -0.25) is 9.36 Å². The van der Waals surface area contributed by atoms with Crippen LogP contribution in [-0.4, -0.2) is 19.5 Å². The van der Waals surface area contributed by atoms with E-state index in [1.807, 2.05) is 6.92 Å². The molecule has 0 amide bonds. The summed E-state index contributed by atoms with van der Waals surface area (Å²) in [6.07, 6.45) is 0. The highest BCUT2D eigenvalue weighted by molar-refractivity contribution is 5.33. The van der Waals surface area contributed by atoms with Gasteiger partial charge in [0.05, 0.1) is 5.69 Å². The molecule has 102 valence electrons. The molecule has 8 nitrogen and oxygen atoms in total. The summed E-state index contributed by atoms with van der Waals surface area (Å²) in [5.41, 5.74) is 0.701. The van der Waals surface area contributed by atoms with Crippen LogP contribution in [0, 0.1) is 13.8 Å². The lowest BCUT2D eigenvalue weighted by Gasteiger charge is -2.07. The summed E-state index contributed by atoms with van der Waals surface area (Å²) in [5, 5.41) is 10.6. The van der Waals surface area contributed by atoms with Gasteiger partial charge in [0, 0.05) is 26.2 Å². The molecule has 8 heteroatoms. The Morgan fingerprint density at radius 3 is 2.53 bits per heavy atom. The van der Waals surface area contributed by atoms with E-state index in [0.717, 1.165) is 20.5 Å². The third kappa shape index (κ3) is 2.28. The van der Waals surface area contributed by atoms with Gasteiger partial charge in [0.25, 0.3) is 5.56 Å². The monoisotopic (exact) mass is 265 g/mol. The molecule has 0 atom stereocenters. The second-order valence-corrected chi connectivity index (χ2v) is 4.28. The molecular formula is C11H15N5O3. The van der Waals surface area contributed by atoms with Crippen molar-refractivity contribution in [1.82, 2.24) is 19.5 Å². The van der Waals surface area contributed by atoms with Crippen LogP contribution in [0.1, 0.15) is 17.0 Å². The Morgan fingerprint density at radius 2 is 1.95 bits per heavy atom. The Hall–Kier alpha value is -2.38. The van der Waals surface area contributed by atoms with E-state index in [9.17, 15) is 9.59 Å². The van der Waals surface area contributed by atoms with Gasteiger partial charge in [-0.05, 0) is 13.8 Å². The summed E-state index contributed by atoms with van der Waals surface area (Å²) in [6, 6.07) is 0. The van der Waals surface area contributed by atoms with E-state index in [-0.39, 0.29) is 5.82 Å². The summed E-state index contributed by atoms with van der Waals surface area (Å²) in [4.78, 5) is 23.4. The van der Waals surface area contributed by atoms with Gasteiger partial charge in [-0.1, -0.05) is 5.16 Å². The topological polar surface area (TPSA) is 94.9 Å². The smallest absolute Gasteiger partial charge is 0.346 e. The maximum absolute atomic E-state index is 11.9. The van der Waals surface area contributed by atoms with Crippen molar-refractivity contribution in [2.75, 3.05) is 5.32 Å². The number of nitrogens with zero attached hydrogens (tertiary/aromatic N) is 4. The molecule has 19 heavy (non-hydrogen) atoms. The molecule has 2 aromatic heterocycles. The van der Waals surface area contributed by atoms with E-state index >= 15 is 0 Å². The quantitative estimate of drug-likeness (QED) is 0.818. The zero-order chi connectivity index (χ0) is 14.2. The van der Waals surface area contributed by atoms with Gasteiger partial charge in [0.2, 0.25) is 5.82 Å². The predicted octanol–water partition coefficient (Wildman–Crippen LogP) is -0.304. The number of hydrogen-bond acceptors (Lipinski definition) is 6. The fourth-order valence-corrected chi connectivity index (χ4v) is 1.74. The highest BCUT2D eigenvalue weighted by atomic mass is 16.5. The van der Waals surface area contributed by atoms with Crippen LogP contribution in [-0.2, 0) is 20.6 Å². The first-order valence-corrected chi connectivity index (χ1v) is 5.71. The summed E-state index contributed by atoms with van der Waals surface area (Å²) >= 11 is 0. The van der Waals surface area contributed by atoms with Gasteiger partial charge >= 0.3 is 5.69 Å². The van der Waals surface area contributed by atoms with Crippen LogP contribution in [0.4, 0.5) is 5.82 Å². The molecule has 0 fully saturated rings. The molecule has 0 saturated heterocycles. The molecule has 0 bridgehead atoms. The van der Waals surface area contributed by atoms with Gasteiger partial charge < -0.3 is 9.84 Å². The minimum atomic E-state index is -0.465. The van der Waals surface area contributed by atoms with Crippen molar-refractivity contribution in [1.29, 1.82) is 0 Å². The SMILES string of the molecule is Cc1noc(C)c1CNc1nn(C)c(=O)n(C)c1=O. The number of anilines is 1. The summed E-state index contributed by atoms with van der Waals surface area (Å²) in [7, 11) is 2.90. The molecular weight excluding hydrogens is 250 g/mol. The van der Waals surface area contributed by atoms with Crippen molar-refractivity contribution in [3.05, 3.63) is 37.9 Å². The summed E-state index contributed by atoms with van der Waals surface area (Å²) in [5.74, 6) is 0.802. The predicted molar refractivity (Wildman–Crippen MR) is 68.0 cm³/mol. The lowest BCUT2D eigenvalue weighted by Crippen LogP contribution is -2.39. The number of aromatic nitrogens is 4. The standard InChI is InChI=1S/C11H15N5O3/c1-6-8(7(2)19-14-6)5-12-9-10(17)15(3)11(18)16(4)13-9/h5H2,1-4H3,(H,12,13). The van der Waals surface area contributed by atoms with E-state index in [2.05, 4.69) is 15.6 Å². The van der Waals surface area contributed by atoms with Crippen molar-refractivity contribution in [2.45, 2.75) is 20.4 Å². The fourth-order valence-electron chi connectivity index (χ4n) is 1.74. The number of nitrogens with one attached hydrogen (secondary N) is 1. The van der Waals surface area contributed by atoms with Crippen molar-refractivity contribution in [2.24, 2.45) is 14.1 Å². The number of rotatable bonds is 3. The number of aryl methyl sites for hydroxylation is 3. The van der Waals surface area contributed by atoms with Gasteiger partial charge in [0.15, 0.2) is 0 Å². The Labute approximate surface area is 108 Å². The summed E-state index contributed by atoms with van der Waals surface area (Å²) in [6.45, 7) is 3.98. The first kappa shape index (κ1) is 13.1. The van der Waals surface area contributed by atoms with Gasteiger partial charge in [-0.15, -0.1) is 5.10 Å². The zero-order valence-corrected chi connectivity index (χ0v) is 11.2. The average Bonchev–Trinajstić information content (AvgIpc) is 2.70. The van der Waals surface area contributed by atoms with Crippen LogP contribution >= 0.6 is 0 Å². The van der Waals surface area contributed by atoms with E-state index in [4.69, 9.17) is 4.52 Å². The first-order chi connectivity index (χ1) is 8.91. The first-order valence-electron chi connectivity index (χ1n) is 5.71. The van der Waals surface area contributed by atoms with Gasteiger partial charge in [-0.2, -0.15) is 0 Å².